The maximum absolute atomic E-state index is 3.77. The lowest BCUT2D eigenvalue weighted by atomic mass is 10.5. The Morgan fingerprint density at radius 2 is 1.56 bits per heavy atom. The van der Waals surface area contributed by atoms with Gasteiger partial charge in [-0.05, 0) is 38.0 Å². The number of aliphatic imine (C=N–C) groups is 1. The lowest BCUT2D eigenvalue weighted by Gasteiger charge is -2.13. The van der Waals surface area contributed by atoms with Gasteiger partial charge in [0.1, 0.15) is 0 Å². The van der Waals surface area contributed by atoms with Crippen molar-refractivity contribution >= 4 is 6.21 Å². The normalized spacial score (nSPS) is 11.4. The molecule has 0 aliphatic carbocycles. The summed E-state index contributed by atoms with van der Waals surface area (Å²) in [5, 5.41) is 2.87. The third kappa shape index (κ3) is 15.4. The molecular weight excluding hydrogens is 198 g/mol. The van der Waals surface area contributed by atoms with E-state index in [1.165, 1.54) is 19.6 Å². The van der Waals surface area contributed by atoms with Crippen molar-refractivity contribution < 1.29 is 0 Å². The first-order valence-corrected chi connectivity index (χ1v) is 5.90. The first-order valence-electron chi connectivity index (χ1n) is 5.90. The summed E-state index contributed by atoms with van der Waals surface area (Å²) in [6, 6.07) is 0. The van der Waals surface area contributed by atoms with Crippen LogP contribution in [0.3, 0.4) is 0 Å². The third-order valence-corrected chi connectivity index (χ3v) is 2.06. The van der Waals surface area contributed by atoms with Crippen LogP contribution >= 0.6 is 0 Å². The molecule has 0 bridgehead atoms. The molecule has 3 nitrogen and oxygen atoms in total. The van der Waals surface area contributed by atoms with Crippen molar-refractivity contribution in [1.29, 1.82) is 0 Å². The number of hydrogen-bond donors (Lipinski definition) is 1. The van der Waals surface area contributed by atoms with Crippen LogP contribution in [-0.4, -0.2) is 44.8 Å². The molecule has 0 heterocycles. The van der Waals surface area contributed by atoms with E-state index in [-0.39, 0.29) is 0 Å². The Hall–Kier alpha value is -1.09. The average molecular weight is 225 g/mol. The first-order chi connectivity index (χ1) is 7.76. The van der Waals surface area contributed by atoms with Gasteiger partial charge in [0.05, 0.1) is 0 Å². The third-order valence-electron chi connectivity index (χ3n) is 2.06. The van der Waals surface area contributed by atoms with E-state index in [0.29, 0.717) is 0 Å². The van der Waals surface area contributed by atoms with Crippen LogP contribution in [0.1, 0.15) is 20.8 Å². The number of hydrogen-bond acceptors (Lipinski definition) is 3. The Morgan fingerprint density at radius 3 is 1.88 bits per heavy atom. The van der Waals surface area contributed by atoms with Gasteiger partial charge in [0.15, 0.2) is 0 Å². The highest BCUT2D eigenvalue weighted by molar-refractivity contribution is 5.71. The molecule has 0 aromatic heterocycles. The van der Waals surface area contributed by atoms with E-state index >= 15 is 0 Å². The van der Waals surface area contributed by atoms with E-state index in [0.717, 1.165) is 0 Å². The zero-order chi connectivity index (χ0) is 12.6. The molecule has 0 radical (unpaired) electrons. The molecule has 0 rings (SSSR count). The van der Waals surface area contributed by atoms with Gasteiger partial charge < -0.3 is 10.2 Å². The van der Waals surface area contributed by atoms with E-state index in [4.69, 9.17) is 0 Å². The van der Waals surface area contributed by atoms with Gasteiger partial charge in [-0.25, -0.2) is 0 Å². The largest absolute Gasteiger partial charge is 0.394 e. The molecule has 1 N–H and O–H groups in total. The monoisotopic (exact) mass is 225 g/mol. The molecule has 0 saturated carbocycles. The molecule has 94 valence electrons. The topological polar surface area (TPSA) is 27.6 Å². The molecule has 0 saturated heterocycles. The summed E-state index contributed by atoms with van der Waals surface area (Å²) >= 11 is 0. The summed E-state index contributed by atoms with van der Waals surface area (Å²) in [6.45, 7) is 10.1. The fourth-order valence-corrected chi connectivity index (χ4v) is 1.02. The molecule has 0 spiro atoms. The maximum Gasteiger partial charge on any atom is 0.0277 e. The maximum atomic E-state index is 3.77. The van der Waals surface area contributed by atoms with Crippen LogP contribution in [0.15, 0.2) is 29.4 Å². The molecule has 0 unspecified atom stereocenters. The lowest BCUT2D eigenvalue weighted by molar-refractivity contribution is 0.321. The van der Waals surface area contributed by atoms with Gasteiger partial charge in [0.25, 0.3) is 0 Å². The Morgan fingerprint density at radius 1 is 1.00 bits per heavy atom. The predicted octanol–water partition coefficient (Wildman–Crippen LogP) is 2.32. The van der Waals surface area contributed by atoms with E-state index in [9.17, 15) is 0 Å². The van der Waals surface area contributed by atoms with Gasteiger partial charge in [0.2, 0.25) is 0 Å². The summed E-state index contributed by atoms with van der Waals surface area (Å²) < 4.78 is 0. The van der Waals surface area contributed by atoms with Crippen LogP contribution in [0.2, 0.25) is 0 Å². The van der Waals surface area contributed by atoms with Crippen LogP contribution in [0.25, 0.3) is 0 Å². The molecular formula is C13H27N3. The van der Waals surface area contributed by atoms with E-state index in [2.05, 4.69) is 36.0 Å². The van der Waals surface area contributed by atoms with E-state index in [1.54, 1.807) is 13.3 Å². The second-order valence-electron chi connectivity index (χ2n) is 3.06. The molecule has 0 atom stereocenters. The van der Waals surface area contributed by atoms with Gasteiger partial charge in [-0.1, -0.05) is 26.8 Å². The molecule has 0 aromatic carbocycles. The second kappa shape index (κ2) is 16.3. The van der Waals surface area contributed by atoms with E-state index < -0.39 is 0 Å². The molecule has 0 aliphatic rings. The summed E-state index contributed by atoms with van der Waals surface area (Å²) in [4.78, 5) is 6.14. The van der Waals surface area contributed by atoms with Crippen molar-refractivity contribution in [1.82, 2.24) is 10.2 Å². The summed E-state index contributed by atoms with van der Waals surface area (Å²) in [6.07, 6.45) is 9.26. The zero-order valence-corrected chi connectivity index (χ0v) is 11.4. The predicted molar refractivity (Wildman–Crippen MR) is 75.2 cm³/mol. The Kier molecular flexibility index (Phi) is 17.7. The lowest BCUT2D eigenvalue weighted by Crippen LogP contribution is -2.21. The molecule has 3 heteroatoms. The summed E-state index contributed by atoms with van der Waals surface area (Å²) in [5.41, 5.74) is 0. The van der Waals surface area contributed by atoms with Crippen LogP contribution in [0.5, 0.6) is 0 Å². The molecule has 0 aliphatic heterocycles. The van der Waals surface area contributed by atoms with Gasteiger partial charge in [-0.15, -0.1) is 0 Å². The van der Waals surface area contributed by atoms with Crippen molar-refractivity contribution in [2.75, 3.05) is 33.7 Å². The highest BCUT2D eigenvalue weighted by atomic mass is 15.1. The number of nitrogens with one attached hydrogen (secondary N) is 1. The number of nitrogens with zero attached hydrogens (tertiary/aromatic N) is 2. The summed E-state index contributed by atoms with van der Waals surface area (Å²) in [5.74, 6) is 0. The highest BCUT2D eigenvalue weighted by Gasteiger charge is 1.89. The van der Waals surface area contributed by atoms with Crippen molar-refractivity contribution in [3.63, 3.8) is 0 Å². The number of rotatable bonds is 6. The van der Waals surface area contributed by atoms with Gasteiger partial charge in [-0.3, -0.25) is 4.99 Å². The summed E-state index contributed by atoms with van der Waals surface area (Å²) in [7, 11) is 3.60. The number of allylic oxidation sites excluding steroid dienone is 3. The molecule has 16 heavy (non-hydrogen) atoms. The Labute approximate surface area is 101 Å². The molecule has 0 fully saturated rings. The van der Waals surface area contributed by atoms with Crippen LogP contribution in [0.4, 0.5) is 0 Å². The highest BCUT2D eigenvalue weighted by Crippen LogP contribution is 1.81. The van der Waals surface area contributed by atoms with Crippen molar-refractivity contribution in [2.45, 2.75) is 20.8 Å². The fraction of sp³-hybridized carbons (Fsp3) is 0.615. The Bertz CT molecular complexity index is 186. The minimum Gasteiger partial charge on any atom is -0.394 e. The quantitative estimate of drug-likeness (QED) is 0.555. The average Bonchev–Trinajstić information content (AvgIpc) is 2.32. The van der Waals surface area contributed by atoms with Crippen LogP contribution < -0.4 is 5.32 Å². The Balaban J connectivity index is 0. The van der Waals surface area contributed by atoms with Gasteiger partial charge in [-0.2, -0.15) is 0 Å². The smallest absolute Gasteiger partial charge is 0.0277 e. The standard InChI is InChI=1S/C7H12N2.C6H15N/c1-8-6-4-3-5-7-9-2;1-4-7(5-2)6-3/h3-8H,1-2H3;4-6H2,1-3H3. The van der Waals surface area contributed by atoms with Crippen molar-refractivity contribution in [2.24, 2.45) is 4.99 Å². The second-order valence-corrected chi connectivity index (χ2v) is 3.06. The minimum atomic E-state index is 1.19. The SMILES string of the molecule is CCN(CC)CC.CN=CC=CC=CNC. The molecule has 0 aromatic rings. The minimum absolute atomic E-state index is 1.19. The zero-order valence-electron chi connectivity index (χ0n) is 11.4. The van der Waals surface area contributed by atoms with Gasteiger partial charge in [0, 0.05) is 20.3 Å². The first kappa shape index (κ1) is 17.3. The van der Waals surface area contributed by atoms with E-state index in [1.807, 2.05) is 31.5 Å². The van der Waals surface area contributed by atoms with Crippen molar-refractivity contribution in [3.05, 3.63) is 24.4 Å². The van der Waals surface area contributed by atoms with Crippen LogP contribution in [-0.2, 0) is 0 Å². The van der Waals surface area contributed by atoms with Gasteiger partial charge >= 0.3 is 0 Å². The van der Waals surface area contributed by atoms with Crippen LogP contribution in [0, 0.1) is 0 Å². The molecule has 0 amide bonds. The fourth-order valence-electron chi connectivity index (χ4n) is 1.02. The van der Waals surface area contributed by atoms with Crippen molar-refractivity contribution in [3.8, 4) is 0 Å².